The van der Waals surface area contributed by atoms with E-state index < -0.39 is 5.91 Å². The number of hydrogen-bond donors (Lipinski definition) is 2. The predicted molar refractivity (Wildman–Crippen MR) is 121 cm³/mol. The molecule has 1 aliphatic rings. The largest absolute Gasteiger partial charge is 0.379 e. The molecule has 7 heteroatoms. The minimum atomic E-state index is -0.418. The first-order valence-corrected chi connectivity index (χ1v) is 11.0. The van der Waals surface area contributed by atoms with Crippen LogP contribution >= 0.6 is 0 Å². The smallest absolute Gasteiger partial charge is 0.243 e. The first kappa shape index (κ1) is 29.7. The molecule has 0 atom stereocenters. The molecule has 1 aliphatic carbocycles. The molecule has 1 rings (SSSR count). The van der Waals surface area contributed by atoms with Crippen LogP contribution in [0.4, 0.5) is 0 Å². The van der Waals surface area contributed by atoms with Crippen molar-refractivity contribution in [2.24, 2.45) is 17.6 Å². The monoisotopic (exact) mass is 420 g/mol. The van der Waals surface area contributed by atoms with Crippen molar-refractivity contribution >= 4 is 17.6 Å². The zero-order valence-corrected chi connectivity index (χ0v) is 19.4. The summed E-state index contributed by atoms with van der Waals surface area (Å²) in [5, 5.41) is 2.91. The Morgan fingerprint density at radius 3 is 2.07 bits per heavy atom. The molecule has 0 radical (unpaired) electrons. The number of ketones is 1. The lowest BCUT2D eigenvalue weighted by Crippen LogP contribution is -2.34. The molecule has 0 spiro atoms. The SMILES string of the molecule is CC.CC(C)C(=O)CCOCCNC(=O)C1CCCCC1.CC(C)OCC(N)=O.[HH].[HH]. The minimum absolute atomic E-state index is 0. The van der Waals surface area contributed by atoms with Gasteiger partial charge in [0.15, 0.2) is 0 Å². The number of primary amides is 1. The number of carbonyl (C=O) groups excluding carboxylic acids is 3. The zero-order chi connectivity index (χ0) is 22.7. The fraction of sp³-hybridized carbons (Fsp3) is 0.864. The van der Waals surface area contributed by atoms with Crippen molar-refractivity contribution in [2.75, 3.05) is 26.4 Å². The first-order valence-electron chi connectivity index (χ1n) is 11.0. The molecule has 3 N–H and O–H groups in total. The van der Waals surface area contributed by atoms with E-state index in [1.165, 1.54) is 19.3 Å². The molecule has 0 aliphatic heterocycles. The van der Waals surface area contributed by atoms with E-state index in [0.29, 0.717) is 26.2 Å². The van der Waals surface area contributed by atoms with Crippen LogP contribution < -0.4 is 11.1 Å². The Kier molecular flexibility index (Phi) is 20.3. The third-order valence-corrected chi connectivity index (χ3v) is 4.22. The Balaban J connectivity index is -0.000000259. The summed E-state index contributed by atoms with van der Waals surface area (Å²) in [4.78, 5) is 33.1. The van der Waals surface area contributed by atoms with E-state index in [0.717, 1.165) is 12.8 Å². The van der Waals surface area contributed by atoms with Gasteiger partial charge in [-0.2, -0.15) is 0 Å². The summed E-state index contributed by atoms with van der Waals surface area (Å²) in [7, 11) is 0. The number of rotatable bonds is 11. The second-order valence-electron chi connectivity index (χ2n) is 7.44. The maximum absolute atomic E-state index is 11.8. The molecule has 0 aromatic heterocycles. The van der Waals surface area contributed by atoms with Crippen molar-refractivity contribution in [3.8, 4) is 0 Å². The average Bonchev–Trinajstić information content (AvgIpc) is 2.71. The summed E-state index contributed by atoms with van der Waals surface area (Å²) >= 11 is 0. The fourth-order valence-electron chi connectivity index (χ4n) is 2.57. The van der Waals surface area contributed by atoms with E-state index in [2.05, 4.69) is 5.32 Å². The number of ether oxygens (including phenoxy) is 2. The van der Waals surface area contributed by atoms with E-state index >= 15 is 0 Å². The summed E-state index contributed by atoms with van der Waals surface area (Å²) in [5.74, 6) is 0.261. The zero-order valence-electron chi connectivity index (χ0n) is 19.4. The van der Waals surface area contributed by atoms with Gasteiger partial charge in [0, 0.05) is 27.7 Å². The molecule has 29 heavy (non-hydrogen) atoms. The van der Waals surface area contributed by atoms with E-state index in [-0.39, 0.29) is 39.1 Å². The Morgan fingerprint density at radius 2 is 1.62 bits per heavy atom. The summed E-state index contributed by atoms with van der Waals surface area (Å²) in [6.07, 6.45) is 6.20. The summed E-state index contributed by atoms with van der Waals surface area (Å²) in [5.41, 5.74) is 4.78. The lowest BCUT2D eigenvalue weighted by molar-refractivity contribution is -0.126. The van der Waals surface area contributed by atoms with Crippen LogP contribution in [0.1, 0.15) is 82.9 Å². The van der Waals surface area contributed by atoms with Gasteiger partial charge in [-0.1, -0.05) is 47.0 Å². The van der Waals surface area contributed by atoms with Crippen LogP contribution in [0.25, 0.3) is 0 Å². The van der Waals surface area contributed by atoms with E-state index in [9.17, 15) is 14.4 Å². The molecular weight excluding hydrogens is 372 g/mol. The van der Waals surface area contributed by atoms with Crippen molar-refractivity contribution in [1.82, 2.24) is 5.32 Å². The molecule has 0 unspecified atom stereocenters. The molecule has 2 amide bonds. The Morgan fingerprint density at radius 1 is 1.03 bits per heavy atom. The van der Waals surface area contributed by atoms with Crippen LogP contribution in [-0.4, -0.2) is 50.1 Å². The van der Waals surface area contributed by atoms with Crippen molar-refractivity contribution in [3.05, 3.63) is 0 Å². The van der Waals surface area contributed by atoms with Gasteiger partial charge in [-0.05, 0) is 26.7 Å². The number of hydrogen-bond acceptors (Lipinski definition) is 5. The molecule has 176 valence electrons. The highest BCUT2D eigenvalue weighted by atomic mass is 16.5. The van der Waals surface area contributed by atoms with Crippen LogP contribution in [-0.2, 0) is 23.9 Å². The second kappa shape index (κ2) is 19.8. The van der Waals surface area contributed by atoms with Crippen LogP contribution in [0.3, 0.4) is 0 Å². The molecular formula is C22H48N2O5. The molecule has 0 bridgehead atoms. The number of nitrogens with one attached hydrogen (secondary N) is 1. The molecule has 1 fully saturated rings. The van der Waals surface area contributed by atoms with E-state index in [1.54, 1.807) is 0 Å². The number of amides is 2. The van der Waals surface area contributed by atoms with Gasteiger partial charge >= 0.3 is 0 Å². The highest BCUT2D eigenvalue weighted by Crippen LogP contribution is 2.23. The van der Waals surface area contributed by atoms with Crippen LogP contribution in [0.2, 0.25) is 0 Å². The Hall–Kier alpha value is -1.47. The molecule has 0 aromatic carbocycles. The van der Waals surface area contributed by atoms with Gasteiger partial charge in [0.2, 0.25) is 11.8 Å². The van der Waals surface area contributed by atoms with Crippen molar-refractivity contribution in [3.63, 3.8) is 0 Å². The standard InChI is InChI=1S/C15H27NO3.C5H11NO2.C2H6.2H2/c1-12(2)14(17)8-10-19-11-9-16-15(18)13-6-4-3-5-7-13;1-4(2)8-3-5(6)7;1-2;;/h12-13H,3-11H2,1-2H3,(H,16,18);4H,3H2,1-2H3,(H2,6,7);1-2H3;2*1H. The summed E-state index contributed by atoms with van der Waals surface area (Å²) in [6.45, 7) is 13.0. The van der Waals surface area contributed by atoms with Gasteiger partial charge in [-0.25, -0.2) is 0 Å². The number of nitrogens with two attached hydrogens (primary N) is 1. The van der Waals surface area contributed by atoms with E-state index in [4.69, 9.17) is 15.2 Å². The third kappa shape index (κ3) is 19.6. The molecule has 0 heterocycles. The fourth-order valence-corrected chi connectivity index (χ4v) is 2.57. The predicted octanol–water partition coefficient (Wildman–Crippen LogP) is 3.73. The molecule has 1 saturated carbocycles. The molecule has 0 saturated heterocycles. The minimum Gasteiger partial charge on any atom is -0.379 e. The van der Waals surface area contributed by atoms with Gasteiger partial charge < -0.3 is 20.5 Å². The maximum atomic E-state index is 11.8. The second-order valence-corrected chi connectivity index (χ2v) is 7.44. The van der Waals surface area contributed by atoms with E-state index in [1.807, 2.05) is 41.5 Å². The highest BCUT2D eigenvalue weighted by molar-refractivity contribution is 5.80. The van der Waals surface area contributed by atoms with Crippen molar-refractivity contribution in [1.29, 1.82) is 0 Å². The van der Waals surface area contributed by atoms with Crippen molar-refractivity contribution < 1.29 is 26.7 Å². The van der Waals surface area contributed by atoms with Gasteiger partial charge in [-0.3, -0.25) is 14.4 Å². The Bertz CT molecular complexity index is 444. The van der Waals surface area contributed by atoms with Crippen LogP contribution in [0.5, 0.6) is 0 Å². The summed E-state index contributed by atoms with van der Waals surface area (Å²) in [6, 6.07) is 0. The van der Waals surface area contributed by atoms with Gasteiger partial charge in [0.25, 0.3) is 0 Å². The average molecular weight is 421 g/mol. The summed E-state index contributed by atoms with van der Waals surface area (Å²) < 4.78 is 10.2. The normalized spacial score (nSPS) is 13.8. The van der Waals surface area contributed by atoms with Crippen LogP contribution in [0, 0.1) is 11.8 Å². The third-order valence-electron chi connectivity index (χ3n) is 4.22. The van der Waals surface area contributed by atoms with Gasteiger partial charge in [0.1, 0.15) is 12.4 Å². The first-order chi connectivity index (χ1) is 13.7. The van der Waals surface area contributed by atoms with Gasteiger partial charge in [0.05, 0.1) is 19.3 Å². The lowest BCUT2D eigenvalue weighted by atomic mass is 9.89. The molecule has 7 nitrogen and oxygen atoms in total. The van der Waals surface area contributed by atoms with Crippen molar-refractivity contribution in [2.45, 2.75) is 86.2 Å². The highest BCUT2D eigenvalue weighted by Gasteiger charge is 2.20. The molecule has 0 aromatic rings. The quantitative estimate of drug-likeness (QED) is 0.495. The number of carbonyl (C=O) groups is 3. The van der Waals surface area contributed by atoms with Gasteiger partial charge in [-0.15, -0.1) is 0 Å². The van der Waals surface area contributed by atoms with Crippen LogP contribution in [0.15, 0.2) is 0 Å². The maximum Gasteiger partial charge on any atom is 0.243 e. The number of Topliss-reactive ketones (excluding diaryl/α,β-unsaturated/α-hetero) is 1. The lowest BCUT2D eigenvalue weighted by Gasteiger charge is -2.20. The Labute approximate surface area is 180 Å². The topological polar surface area (TPSA) is 108 Å².